The molecule has 1 aliphatic rings. The van der Waals surface area contributed by atoms with E-state index in [1.54, 1.807) is 30.3 Å². The maximum atomic E-state index is 12.4. The second-order valence-corrected chi connectivity index (χ2v) is 8.09. The summed E-state index contributed by atoms with van der Waals surface area (Å²) in [5.74, 6) is -0.129. The normalized spacial score (nSPS) is 16.3. The Labute approximate surface area is 143 Å². The minimum absolute atomic E-state index is 0.153. The van der Waals surface area contributed by atoms with Gasteiger partial charge in [0.25, 0.3) is 5.91 Å². The molecule has 1 N–H and O–H groups in total. The molecule has 0 atom stereocenters. The molecule has 23 heavy (non-hydrogen) atoms. The molecule has 1 saturated heterocycles. The van der Waals surface area contributed by atoms with Crippen molar-refractivity contribution in [3.8, 4) is 0 Å². The monoisotopic (exact) mass is 394 g/mol. The van der Waals surface area contributed by atoms with E-state index in [1.807, 2.05) is 18.2 Å². The van der Waals surface area contributed by atoms with Gasteiger partial charge in [0.1, 0.15) is 0 Å². The van der Waals surface area contributed by atoms with Gasteiger partial charge in [0.15, 0.2) is 0 Å². The molecule has 3 rings (SSSR count). The van der Waals surface area contributed by atoms with E-state index in [9.17, 15) is 13.2 Å². The Kier molecular flexibility index (Phi) is 4.41. The highest BCUT2D eigenvalue weighted by molar-refractivity contribution is 9.10. The van der Waals surface area contributed by atoms with E-state index in [2.05, 4.69) is 21.2 Å². The zero-order valence-corrected chi connectivity index (χ0v) is 14.6. The molecular formula is C16H15BrN2O3S. The third-order valence-corrected chi connectivity index (χ3v) is 6.18. The van der Waals surface area contributed by atoms with Crippen LogP contribution >= 0.6 is 15.9 Å². The fourth-order valence-corrected chi connectivity index (χ4v) is 4.43. The zero-order valence-electron chi connectivity index (χ0n) is 12.2. The average Bonchev–Trinajstić information content (AvgIpc) is 2.89. The van der Waals surface area contributed by atoms with Gasteiger partial charge >= 0.3 is 0 Å². The van der Waals surface area contributed by atoms with Gasteiger partial charge in [0.2, 0.25) is 10.0 Å². The van der Waals surface area contributed by atoms with Crippen molar-refractivity contribution < 1.29 is 13.2 Å². The van der Waals surface area contributed by atoms with Gasteiger partial charge in [-0.05, 0) is 52.7 Å². The molecule has 0 bridgehead atoms. The number of hydrogen-bond acceptors (Lipinski definition) is 3. The number of benzene rings is 2. The van der Waals surface area contributed by atoms with E-state index in [4.69, 9.17) is 0 Å². The predicted molar refractivity (Wildman–Crippen MR) is 94.3 cm³/mol. The molecule has 0 aromatic heterocycles. The molecule has 2 aromatic rings. The van der Waals surface area contributed by atoms with Gasteiger partial charge in [0.05, 0.1) is 17.1 Å². The molecule has 1 aliphatic heterocycles. The Morgan fingerprint density at radius 3 is 2.61 bits per heavy atom. The summed E-state index contributed by atoms with van der Waals surface area (Å²) in [4.78, 5) is 12.4. The second-order valence-electron chi connectivity index (χ2n) is 5.23. The molecule has 0 saturated carbocycles. The largest absolute Gasteiger partial charge is 0.321 e. The number of hydrogen-bond donors (Lipinski definition) is 1. The lowest BCUT2D eigenvalue weighted by Gasteiger charge is -2.17. The fraction of sp³-hybridized carbons (Fsp3) is 0.188. The molecule has 0 spiro atoms. The molecule has 7 heteroatoms. The molecule has 0 unspecified atom stereocenters. The Morgan fingerprint density at radius 1 is 1.13 bits per heavy atom. The van der Waals surface area contributed by atoms with Crippen molar-refractivity contribution in [3.05, 3.63) is 58.6 Å². The highest BCUT2D eigenvalue weighted by Crippen LogP contribution is 2.26. The van der Waals surface area contributed by atoms with Crippen molar-refractivity contribution in [2.75, 3.05) is 21.9 Å². The number of anilines is 2. The second kappa shape index (κ2) is 6.33. The SMILES string of the molecule is O=C(Nc1ccccc1Br)c1cccc(N2CCCS2(=O)=O)c1. The highest BCUT2D eigenvalue weighted by atomic mass is 79.9. The number of sulfonamides is 1. The number of para-hydroxylation sites is 1. The number of carbonyl (C=O) groups is 1. The number of rotatable bonds is 3. The van der Waals surface area contributed by atoms with Crippen LogP contribution < -0.4 is 9.62 Å². The lowest BCUT2D eigenvalue weighted by Crippen LogP contribution is -2.25. The maximum absolute atomic E-state index is 12.4. The van der Waals surface area contributed by atoms with Crippen LogP contribution in [-0.2, 0) is 10.0 Å². The topological polar surface area (TPSA) is 66.5 Å². The summed E-state index contributed by atoms with van der Waals surface area (Å²) in [5, 5.41) is 2.81. The number of amides is 1. The number of nitrogens with zero attached hydrogens (tertiary/aromatic N) is 1. The van der Waals surface area contributed by atoms with E-state index in [1.165, 1.54) is 4.31 Å². The third kappa shape index (κ3) is 3.40. The van der Waals surface area contributed by atoms with Crippen LogP contribution in [0.15, 0.2) is 53.0 Å². The zero-order chi connectivity index (χ0) is 16.4. The fourth-order valence-electron chi connectivity index (χ4n) is 2.49. The molecule has 0 radical (unpaired) electrons. The van der Waals surface area contributed by atoms with E-state index in [0.717, 1.165) is 4.47 Å². The Hall–Kier alpha value is -1.86. The summed E-state index contributed by atoms with van der Waals surface area (Å²) < 4.78 is 26.1. The molecule has 1 fully saturated rings. The van der Waals surface area contributed by atoms with E-state index < -0.39 is 10.0 Å². The van der Waals surface area contributed by atoms with E-state index in [-0.39, 0.29) is 11.7 Å². The van der Waals surface area contributed by atoms with Crippen LogP contribution in [0.25, 0.3) is 0 Å². The number of halogens is 1. The highest BCUT2D eigenvalue weighted by Gasteiger charge is 2.28. The van der Waals surface area contributed by atoms with Crippen molar-refractivity contribution in [2.24, 2.45) is 0 Å². The van der Waals surface area contributed by atoms with Gasteiger partial charge in [-0.1, -0.05) is 18.2 Å². The van der Waals surface area contributed by atoms with E-state index in [0.29, 0.717) is 29.9 Å². The smallest absolute Gasteiger partial charge is 0.255 e. The lowest BCUT2D eigenvalue weighted by molar-refractivity contribution is 0.102. The molecule has 120 valence electrons. The van der Waals surface area contributed by atoms with Gasteiger partial charge in [-0.15, -0.1) is 0 Å². The van der Waals surface area contributed by atoms with Gasteiger partial charge in [-0.25, -0.2) is 8.42 Å². The van der Waals surface area contributed by atoms with Crippen molar-refractivity contribution in [3.63, 3.8) is 0 Å². The van der Waals surface area contributed by atoms with Crippen LogP contribution in [0.2, 0.25) is 0 Å². The third-order valence-electron chi connectivity index (χ3n) is 3.62. The Bertz CT molecular complexity index is 852. The summed E-state index contributed by atoms with van der Waals surface area (Å²) in [6.45, 7) is 0.456. The van der Waals surface area contributed by atoms with Crippen molar-refractivity contribution in [1.82, 2.24) is 0 Å². The Balaban J connectivity index is 1.85. The first-order valence-electron chi connectivity index (χ1n) is 7.14. The molecule has 5 nitrogen and oxygen atoms in total. The molecule has 2 aromatic carbocycles. The number of carbonyl (C=O) groups excluding carboxylic acids is 1. The summed E-state index contributed by atoms with van der Waals surface area (Å²) in [6, 6.07) is 14.0. The van der Waals surface area contributed by atoms with E-state index >= 15 is 0 Å². The average molecular weight is 395 g/mol. The van der Waals surface area contributed by atoms with Crippen LogP contribution in [0.3, 0.4) is 0 Å². The minimum atomic E-state index is -3.25. The van der Waals surface area contributed by atoms with Crippen LogP contribution in [0.1, 0.15) is 16.8 Å². The molecule has 1 amide bonds. The van der Waals surface area contributed by atoms with Crippen molar-refractivity contribution in [1.29, 1.82) is 0 Å². The van der Waals surface area contributed by atoms with Crippen LogP contribution in [0, 0.1) is 0 Å². The van der Waals surface area contributed by atoms with Gasteiger partial charge in [0, 0.05) is 16.6 Å². The van der Waals surface area contributed by atoms with Crippen LogP contribution in [0.4, 0.5) is 11.4 Å². The molecule has 0 aliphatic carbocycles. The first kappa shape index (κ1) is 16.0. The quantitative estimate of drug-likeness (QED) is 0.868. The molecular weight excluding hydrogens is 380 g/mol. The summed E-state index contributed by atoms with van der Waals surface area (Å²) in [5.41, 5.74) is 1.61. The first-order valence-corrected chi connectivity index (χ1v) is 9.54. The minimum Gasteiger partial charge on any atom is -0.321 e. The van der Waals surface area contributed by atoms with Crippen LogP contribution in [-0.4, -0.2) is 26.6 Å². The standard InChI is InChI=1S/C16H15BrN2O3S/c17-14-7-1-2-8-15(14)18-16(20)12-5-3-6-13(11-12)19-9-4-10-23(19,21)22/h1-3,5-8,11H,4,9-10H2,(H,18,20). The predicted octanol–water partition coefficient (Wildman–Crippen LogP) is 3.24. The van der Waals surface area contributed by atoms with Crippen molar-refractivity contribution in [2.45, 2.75) is 6.42 Å². The van der Waals surface area contributed by atoms with Crippen LogP contribution in [0.5, 0.6) is 0 Å². The number of nitrogens with one attached hydrogen (secondary N) is 1. The molecule has 1 heterocycles. The maximum Gasteiger partial charge on any atom is 0.255 e. The van der Waals surface area contributed by atoms with Gasteiger partial charge < -0.3 is 5.32 Å². The van der Waals surface area contributed by atoms with Gasteiger partial charge in [-0.2, -0.15) is 0 Å². The summed E-state index contributed by atoms with van der Waals surface area (Å²) in [6.07, 6.45) is 0.607. The first-order chi connectivity index (χ1) is 11.0. The van der Waals surface area contributed by atoms with Gasteiger partial charge in [-0.3, -0.25) is 9.10 Å². The lowest BCUT2D eigenvalue weighted by atomic mass is 10.2. The Morgan fingerprint density at radius 2 is 1.91 bits per heavy atom. The van der Waals surface area contributed by atoms with Crippen molar-refractivity contribution >= 4 is 43.2 Å². The summed E-state index contributed by atoms with van der Waals surface area (Å²) in [7, 11) is -3.25. The summed E-state index contributed by atoms with van der Waals surface area (Å²) >= 11 is 3.38.